The van der Waals surface area contributed by atoms with Crippen LogP contribution in [0.3, 0.4) is 0 Å². The van der Waals surface area contributed by atoms with Gasteiger partial charge in [-0.15, -0.1) is 0 Å². The number of ether oxygens (including phenoxy) is 1. The maximum Gasteiger partial charge on any atom is 0.222 e. The number of aryl methyl sites for hydroxylation is 2. The van der Waals surface area contributed by atoms with Crippen molar-refractivity contribution >= 4 is 5.91 Å². The van der Waals surface area contributed by atoms with Crippen LogP contribution in [0.2, 0.25) is 0 Å². The summed E-state index contributed by atoms with van der Waals surface area (Å²) in [6.45, 7) is 6.38. The number of hydrogen-bond donors (Lipinski definition) is 0. The zero-order chi connectivity index (χ0) is 15.5. The van der Waals surface area contributed by atoms with E-state index in [1.165, 1.54) is 0 Å². The van der Waals surface area contributed by atoms with Crippen LogP contribution in [0.15, 0.2) is 0 Å². The lowest BCUT2D eigenvalue weighted by molar-refractivity contribution is -0.133. The van der Waals surface area contributed by atoms with Crippen molar-refractivity contribution in [1.29, 1.82) is 0 Å². The second-order valence-corrected chi connectivity index (χ2v) is 6.46. The summed E-state index contributed by atoms with van der Waals surface area (Å²) in [6.07, 6.45) is 6.11. The molecule has 6 heteroatoms. The molecule has 3 heterocycles. The summed E-state index contributed by atoms with van der Waals surface area (Å²) in [5.74, 6) is 2.00. The van der Waals surface area contributed by atoms with Crippen molar-refractivity contribution in [2.45, 2.75) is 64.5 Å². The lowest BCUT2D eigenvalue weighted by Gasteiger charge is -2.33. The Labute approximate surface area is 131 Å². The lowest BCUT2D eigenvalue weighted by Crippen LogP contribution is -2.41. The number of amides is 1. The summed E-state index contributed by atoms with van der Waals surface area (Å²) in [5.41, 5.74) is 0. The summed E-state index contributed by atoms with van der Waals surface area (Å²) < 4.78 is 7.60. The minimum Gasteiger partial charge on any atom is -0.378 e. The van der Waals surface area contributed by atoms with Gasteiger partial charge in [-0.2, -0.15) is 5.10 Å². The van der Waals surface area contributed by atoms with Crippen LogP contribution in [0, 0.1) is 13.8 Å². The van der Waals surface area contributed by atoms with Crippen molar-refractivity contribution < 1.29 is 9.53 Å². The quantitative estimate of drug-likeness (QED) is 0.854. The van der Waals surface area contributed by atoms with E-state index < -0.39 is 0 Å². The van der Waals surface area contributed by atoms with E-state index in [2.05, 4.69) is 10.1 Å². The highest BCUT2D eigenvalue weighted by atomic mass is 16.5. The molecule has 6 nitrogen and oxygen atoms in total. The molecule has 1 amide bonds. The van der Waals surface area contributed by atoms with Crippen LogP contribution in [-0.2, 0) is 9.53 Å². The fraction of sp³-hybridized carbons (Fsp3) is 0.812. The summed E-state index contributed by atoms with van der Waals surface area (Å²) in [4.78, 5) is 18.8. The highest BCUT2D eigenvalue weighted by molar-refractivity contribution is 5.76. The van der Waals surface area contributed by atoms with Crippen LogP contribution < -0.4 is 0 Å². The molecule has 1 aromatic heterocycles. The van der Waals surface area contributed by atoms with E-state index in [4.69, 9.17) is 4.74 Å². The maximum atomic E-state index is 12.4. The number of carbonyl (C=O) groups excluding carboxylic acids is 1. The molecule has 0 aliphatic carbocycles. The van der Waals surface area contributed by atoms with Crippen molar-refractivity contribution in [3.05, 3.63) is 11.6 Å². The molecule has 2 aliphatic heterocycles. The normalized spacial score (nSPS) is 25.6. The first kappa shape index (κ1) is 15.5. The van der Waals surface area contributed by atoms with Crippen molar-refractivity contribution in [1.82, 2.24) is 19.7 Å². The Morgan fingerprint density at radius 1 is 1.32 bits per heavy atom. The molecule has 2 saturated heterocycles. The molecule has 0 aromatic carbocycles. The van der Waals surface area contributed by atoms with Gasteiger partial charge < -0.3 is 9.64 Å². The highest BCUT2D eigenvalue weighted by Gasteiger charge is 2.27. The molecular weight excluding hydrogens is 280 g/mol. The average Bonchev–Trinajstić information content (AvgIpc) is 3.14. The Hall–Kier alpha value is -1.43. The largest absolute Gasteiger partial charge is 0.378 e. The predicted molar refractivity (Wildman–Crippen MR) is 82.6 cm³/mol. The Morgan fingerprint density at radius 2 is 2.18 bits per heavy atom. The minimum atomic E-state index is 0.259. The van der Waals surface area contributed by atoms with Gasteiger partial charge in [0.05, 0.1) is 12.1 Å². The molecule has 122 valence electrons. The molecular formula is C16H26N4O2. The Morgan fingerprint density at radius 3 is 2.86 bits per heavy atom. The van der Waals surface area contributed by atoms with E-state index in [0.717, 1.165) is 63.4 Å². The second-order valence-electron chi connectivity index (χ2n) is 6.46. The highest BCUT2D eigenvalue weighted by Crippen LogP contribution is 2.24. The van der Waals surface area contributed by atoms with Gasteiger partial charge in [0.15, 0.2) is 0 Å². The van der Waals surface area contributed by atoms with E-state index in [-0.39, 0.29) is 11.9 Å². The smallest absolute Gasteiger partial charge is 0.222 e. The number of nitrogens with zero attached hydrogens (tertiary/aromatic N) is 4. The molecule has 2 aliphatic rings. The average molecular weight is 306 g/mol. The molecule has 0 N–H and O–H groups in total. The predicted octanol–water partition coefficient (Wildman–Crippen LogP) is 2.02. The van der Waals surface area contributed by atoms with Gasteiger partial charge >= 0.3 is 0 Å². The Bertz CT molecular complexity index is 522. The third-order valence-electron chi connectivity index (χ3n) is 4.71. The van der Waals surface area contributed by atoms with Gasteiger partial charge in [0.2, 0.25) is 5.91 Å². The van der Waals surface area contributed by atoms with E-state index in [9.17, 15) is 4.79 Å². The van der Waals surface area contributed by atoms with Gasteiger partial charge in [0.1, 0.15) is 11.6 Å². The number of aromatic nitrogens is 3. The Kier molecular flexibility index (Phi) is 4.76. The topological polar surface area (TPSA) is 60.2 Å². The van der Waals surface area contributed by atoms with Crippen LogP contribution in [0.25, 0.3) is 0 Å². The van der Waals surface area contributed by atoms with Gasteiger partial charge in [-0.25, -0.2) is 9.67 Å². The van der Waals surface area contributed by atoms with Crippen molar-refractivity contribution in [2.75, 3.05) is 19.7 Å². The first-order valence-corrected chi connectivity index (χ1v) is 8.42. The van der Waals surface area contributed by atoms with Crippen LogP contribution >= 0.6 is 0 Å². The molecule has 0 unspecified atom stereocenters. The molecule has 1 aromatic rings. The Balaban J connectivity index is 1.55. The number of likely N-dealkylation sites (tertiary alicyclic amines) is 1. The first-order chi connectivity index (χ1) is 10.6. The molecule has 0 bridgehead atoms. The summed E-state index contributed by atoms with van der Waals surface area (Å²) in [6, 6.07) is 0.265. The van der Waals surface area contributed by atoms with Gasteiger partial charge in [0, 0.05) is 26.1 Å². The third-order valence-corrected chi connectivity index (χ3v) is 4.71. The van der Waals surface area contributed by atoms with Crippen molar-refractivity contribution in [3.8, 4) is 0 Å². The fourth-order valence-electron chi connectivity index (χ4n) is 3.58. The summed E-state index contributed by atoms with van der Waals surface area (Å²) in [7, 11) is 0. The third kappa shape index (κ3) is 3.48. The first-order valence-electron chi connectivity index (χ1n) is 8.42. The standard InChI is InChI=1S/C16H26N4O2/c1-12-17-13(2)20(18-12)14-5-3-9-19(11-14)16(21)8-7-15-6-4-10-22-15/h14-15H,3-11H2,1-2H3/t14-,15-/m1/s1. The molecule has 0 radical (unpaired) electrons. The van der Waals surface area contributed by atoms with Crippen LogP contribution in [-0.4, -0.2) is 51.4 Å². The fourth-order valence-corrected chi connectivity index (χ4v) is 3.58. The van der Waals surface area contributed by atoms with Gasteiger partial charge in [-0.05, 0) is 46.0 Å². The van der Waals surface area contributed by atoms with Crippen LogP contribution in [0.1, 0.15) is 56.2 Å². The molecule has 2 atom stereocenters. The molecule has 0 spiro atoms. The van der Waals surface area contributed by atoms with Crippen LogP contribution in [0.4, 0.5) is 0 Å². The summed E-state index contributed by atoms with van der Waals surface area (Å²) in [5, 5.41) is 4.48. The van der Waals surface area contributed by atoms with Crippen LogP contribution in [0.5, 0.6) is 0 Å². The molecule has 0 saturated carbocycles. The van der Waals surface area contributed by atoms with Gasteiger partial charge in [-0.1, -0.05) is 0 Å². The SMILES string of the molecule is Cc1nc(C)n([C@@H]2CCCN(C(=O)CC[C@H]3CCCO3)C2)n1. The maximum absolute atomic E-state index is 12.4. The van der Waals surface area contributed by atoms with Crippen molar-refractivity contribution in [2.24, 2.45) is 0 Å². The number of carbonyl (C=O) groups is 1. The second kappa shape index (κ2) is 6.77. The lowest BCUT2D eigenvalue weighted by atomic mass is 10.0. The van der Waals surface area contributed by atoms with Gasteiger partial charge in [0.25, 0.3) is 0 Å². The van der Waals surface area contributed by atoms with E-state index in [0.29, 0.717) is 12.5 Å². The number of piperidine rings is 1. The van der Waals surface area contributed by atoms with Gasteiger partial charge in [-0.3, -0.25) is 4.79 Å². The molecule has 22 heavy (non-hydrogen) atoms. The van der Waals surface area contributed by atoms with E-state index in [1.54, 1.807) is 0 Å². The van der Waals surface area contributed by atoms with Crippen molar-refractivity contribution in [3.63, 3.8) is 0 Å². The van der Waals surface area contributed by atoms with E-state index >= 15 is 0 Å². The monoisotopic (exact) mass is 306 g/mol. The zero-order valence-electron chi connectivity index (χ0n) is 13.6. The molecule has 2 fully saturated rings. The zero-order valence-corrected chi connectivity index (χ0v) is 13.6. The number of hydrogen-bond acceptors (Lipinski definition) is 4. The molecule has 3 rings (SSSR count). The minimum absolute atomic E-state index is 0.259. The summed E-state index contributed by atoms with van der Waals surface area (Å²) >= 11 is 0. The number of rotatable bonds is 4. The van der Waals surface area contributed by atoms with E-state index in [1.807, 2.05) is 23.4 Å².